The zero-order chi connectivity index (χ0) is 17.0. The van der Waals surface area contributed by atoms with Crippen molar-refractivity contribution in [3.8, 4) is 5.75 Å². The molecule has 122 valence electrons. The third kappa shape index (κ3) is 3.88. The van der Waals surface area contributed by atoms with E-state index in [2.05, 4.69) is 4.72 Å². The van der Waals surface area contributed by atoms with Crippen LogP contribution in [0.3, 0.4) is 0 Å². The Hall–Kier alpha value is -2.38. The number of aliphatic carboxylic acids is 1. The number of benzene rings is 2. The van der Waals surface area contributed by atoms with Crippen molar-refractivity contribution in [3.05, 3.63) is 59.7 Å². The molecule has 0 heterocycles. The molecule has 0 aromatic heterocycles. The minimum absolute atomic E-state index is 0.0952. The molecule has 1 atom stereocenters. The number of carbonyl (C=O) groups is 1. The van der Waals surface area contributed by atoms with Crippen LogP contribution in [0.2, 0.25) is 0 Å². The van der Waals surface area contributed by atoms with Crippen LogP contribution in [0, 0.1) is 6.92 Å². The molecule has 2 aromatic carbocycles. The van der Waals surface area contributed by atoms with Gasteiger partial charge in [-0.1, -0.05) is 36.4 Å². The largest absolute Gasteiger partial charge is 0.495 e. The van der Waals surface area contributed by atoms with E-state index in [-0.39, 0.29) is 10.6 Å². The quantitative estimate of drug-likeness (QED) is 0.843. The number of nitrogens with one attached hydrogen (secondary N) is 1. The molecule has 0 amide bonds. The number of rotatable bonds is 6. The van der Waals surface area contributed by atoms with Crippen LogP contribution in [-0.2, 0) is 14.8 Å². The van der Waals surface area contributed by atoms with Crippen LogP contribution in [0.1, 0.15) is 17.2 Å². The topological polar surface area (TPSA) is 92.7 Å². The van der Waals surface area contributed by atoms with Crippen molar-refractivity contribution < 1.29 is 23.1 Å². The Bertz CT molecular complexity index is 802. The van der Waals surface area contributed by atoms with Gasteiger partial charge in [-0.25, -0.2) is 8.42 Å². The van der Waals surface area contributed by atoms with Crippen LogP contribution in [0.25, 0.3) is 0 Å². The molecule has 2 aromatic rings. The summed E-state index contributed by atoms with van der Waals surface area (Å²) in [6, 6.07) is 11.4. The van der Waals surface area contributed by atoms with Gasteiger partial charge in [-0.05, 0) is 30.2 Å². The molecule has 0 bridgehead atoms. The van der Waals surface area contributed by atoms with Gasteiger partial charge in [-0.15, -0.1) is 0 Å². The highest BCUT2D eigenvalue weighted by Gasteiger charge is 2.28. The van der Waals surface area contributed by atoms with Crippen molar-refractivity contribution in [2.75, 3.05) is 7.11 Å². The Kier molecular flexibility index (Phi) is 5.02. The lowest BCUT2D eigenvalue weighted by Gasteiger charge is -2.17. The molecule has 7 heteroatoms. The number of carboxylic acids is 1. The average molecular weight is 335 g/mol. The molecule has 0 saturated heterocycles. The third-order valence-electron chi connectivity index (χ3n) is 3.26. The fraction of sp³-hybridized carbons (Fsp3) is 0.188. The van der Waals surface area contributed by atoms with E-state index in [9.17, 15) is 18.3 Å². The van der Waals surface area contributed by atoms with Gasteiger partial charge in [0.2, 0.25) is 10.0 Å². The van der Waals surface area contributed by atoms with Gasteiger partial charge >= 0.3 is 5.97 Å². The van der Waals surface area contributed by atoms with Crippen LogP contribution in [-0.4, -0.2) is 26.6 Å². The highest BCUT2D eigenvalue weighted by Crippen LogP contribution is 2.26. The summed E-state index contributed by atoms with van der Waals surface area (Å²) in [4.78, 5) is 11.4. The van der Waals surface area contributed by atoms with Gasteiger partial charge < -0.3 is 9.84 Å². The highest BCUT2D eigenvalue weighted by atomic mass is 32.2. The van der Waals surface area contributed by atoms with E-state index in [0.717, 1.165) is 5.56 Å². The third-order valence-corrected chi connectivity index (χ3v) is 4.71. The van der Waals surface area contributed by atoms with Crippen LogP contribution in [0.5, 0.6) is 5.75 Å². The molecule has 2 rings (SSSR count). The van der Waals surface area contributed by atoms with Gasteiger partial charge in [0.25, 0.3) is 0 Å². The van der Waals surface area contributed by atoms with E-state index in [4.69, 9.17) is 4.74 Å². The van der Waals surface area contributed by atoms with Crippen molar-refractivity contribution >= 4 is 16.0 Å². The Morgan fingerprint density at radius 3 is 2.39 bits per heavy atom. The molecule has 0 fully saturated rings. The monoisotopic (exact) mass is 335 g/mol. The van der Waals surface area contributed by atoms with Crippen molar-refractivity contribution in [1.82, 2.24) is 4.72 Å². The second kappa shape index (κ2) is 6.80. The maximum absolute atomic E-state index is 12.6. The molecule has 0 spiro atoms. The fourth-order valence-corrected chi connectivity index (χ4v) is 3.55. The van der Waals surface area contributed by atoms with Gasteiger partial charge in [0, 0.05) is 0 Å². The number of ether oxygens (including phenoxy) is 1. The van der Waals surface area contributed by atoms with Gasteiger partial charge in [-0.2, -0.15) is 4.72 Å². The summed E-state index contributed by atoms with van der Waals surface area (Å²) in [6.45, 7) is 1.74. The predicted molar refractivity (Wildman–Crippen MR) is 84.9 cm³/mol. The van der Waals surface area contributed by atoms with E-state index in [1.54, 1.807) is 43.3 Å². The fourth-order valence-electron chi connectivity index (χ4n) is 2.12. The number of carboxylic acid groups (broad SMARTS) is 1. The SMILES string of the molecule is COc1ccc(C)cc1S(=O)(=O)NC(C(=O)O)c1ccccc1. The molecule has 2 N–H and O–H groups in total. The lowest BCUT2D eigenvalue weighted by atomic mass is 10.1. The summed E-state index contributed by atoms with van der Waals surface area (Å²) in [5, 5.41) is 9.36. The molecular formula is C16H17NO5S. The van der Waals surface area contributed by atoms with Crippen molar-refractivity contribution in [1.29, 1.82) is 0 Å². The Morgan fingerprint density at radius 1 is 1.17 bits per heavy atom. The normalized spacial score (nSPS) is 12.6. The van der Waals surface area contributed by atoms with E-state index in [0.29, 0.717) is 5.56 Å². The molecule has 0 aliphatic heterocycles. The lowest BCUT2D eigenvalue weighted by molar-refractivity contribution is -0.139. The van der Waals surface area contributed by atoms with E-state index >= 15 is 0 Å². The Balaban J connectivity index is 2.44. The standard InChI is InChI=1S/C16H17NO5S/c1-11-8-9-13(22-2)14(10-11)23(20,21)17-15(16(18)19)12-6-4-3-5-7-12/h3-10,15,17H,1-2H3,(H,18,19). The first-order chi connectivity index (χ1) is 10.8. The molecule has 0 radical (unpaired) electrons. The first kappa shape index (κ1) is 17.0. The smallest absolute Gasteiger partial charge is 0.326 e. The number of aryl methyl sites for hydroxylation is 1. The number of hydrogen-bond donors (Lipinski definition) is 2. The van der Waals surface area contributed by atoms with Crippen LogP contribution in [0.4, 0.5) is 0 Å². The predicted octanol–water partition coefficient (Wildman–Crippen LogP) is 2.11. The molecule has 0 aliphatic carbocycles. The van der Waals surface area contributed by atoms with E-state index in [1.165, 1.54) is 19.2 Å². The van der Waals surface area contributed by atoms with Gasteiger partial charge in [0.1, 0.15) is 16.7 Å². The lowest BCUT2D eigenvalue weighted by Crippen LogP contribution is -2.34. The van der Waals surface area contributed by atoms with Crippen molar-refractivity contribution in [3.63, 3.8) is 0 Å². The summed E-state index contributed by atoms with van der Waals surface area (Å²) >= 11 is 0. The molecule has 23 heavy (non-hydrogen) atoms. The maximum Gasteiger partial charge on any atom is 0.326 e. The zero-order valence-corrected chi connectivity index (χ0v) is 13.5. The second-order valence-corrected chi connectivity index (χ2v) is 6.64. The molecule has 0 saturated carbocycles. The highest BCUT2D eigenvalue weighted by molar-refractivity contribution is 7.89. The number of hydrogen-bond acceptors (Lipinski definition) is 4. The maximum atomic E-state index is 12.6. The Labute approximate surface area is 134 Å². The first-order valence-corrected chi connectivity index (χ1v) is 8.28. The van der Waals surface area contributed by atoms with E-state index < -0.39 is 22.0 Å². The van der Waals surface area contributed by atoms with Crippen LogP contribution in [0.15, 0.2) is 53.4 Å². The van der Waals surface area contributed by atoms with Gasteiger partial charge in [0.15, 0.2) is 0 Å². The zero-order valence-electron chi connectivity index (χ0n) is 12.7. The summed E-state index contributed by atoms with van der Waals surface area (Å²) < 4.78 is 32.5. The summed E-state index contributed by atoms with van der Waals surface area (Å²) in [6.07, 6.45) is 0. The molecule has 0 aliphatic rings. The van der Waals surface area contributed by atoms with Crippen LogP contribution >= 0.6 is 0 Å². The molecular weight excluding hydrogens is 318 g/mol. The summed E-state index contributed by atoms with van der Waals surface area (Å²) in [5.41, 5.74) is 1.06. The van der Waals surface area contributed by atoms with Crippen molar-refractivity contribution in [2.24, 2.45) is 0 Å². The van der Waals surface area contributed by atoms with Crippen LogP contribution < -0.4 is 9.46 Å². The molecule has 6 nitrogen and oxygen atoms in total. The minimum Gasteiger partial charge on any atom is -0.495 e. The number of sulfonamides is 1. The first-order valence-electron chi connectivity index (χ1n) is 6.80. The minimum atomic E-state index is -4.07. The number of methoxy groups -OCH3 is 1. The Morgan fingerprint density at radius 2 is 1.83 bits per heavy atom. The molecule has 1 unspecified atom stereocenters. The van der Waals surface area contributed by atoms with E-state index in [1.807, 2.05) is 0 Å². The van der Waals surface area contributed by atoms with Gasteiger partial charge in [0.05, 0.1) is 7.11 Å². The van der Waals surface area contributed by atoms with Gasteiger partial charge in [-0.3, -0.25) is 4.79 Å². The van der Waals surface area contributed by atoms with Crippen molar-refractivity contribution in [2.45, 2.75) is 17.9 Å². The average Bonchev–Trinajstić information content (AvgIpc) is 2.53. The summed E-state index contributed by atoms with van der Waals surface area (Å²) in [5.74, 6) is -1.13. The summed E-state index contributed by atoms with van der Waals surface area (Å²) in [7, 11) is -2.72. The second-order valence-electron chi connectivity index (χ2n) is 4.96.